The van der Waals surface area contributed by atoms with E-state index in [0.29, 0.717) is 11.3 Å². The summed E-state index contributed by atoms with van der Waals surface area (Å²) in [6.45, 7) is 4.86. The Morgan fingerprint density at radius 1 is 0.750 bits per heavy atom. The minimum atomic E-state index is -0.662. The predicted octanol–water partition coefficient (Wildman–Crippen LogP) is 6.19. The third-order valence-corrected chi connectivity index (χ3v) is 10.2. The highest BCUT2D eigenvalue weighted by Gasteiger charge is 2.53. The van der Waals surface area contributed by atoms with Crippen LogP contribution in [0.3, 0.4) is 0 Å². The maximum absolute atomic E-state index is 5.34. The van der Waals surface area contributed by atoms with E-state index in [1.165, 1.54) is 45.6 Å². The number of hydrogen-bond donors (Lipinski definition) is 0. The average molecular weight is 434 g/mol. The van der Waals surface area contributed by atoms with Crippen molar-refractivity contribution in [3.8, 4) is 11.3 Å². The highest BCUT2D eigenvalue weighted by molar-refractivity contribution is 7.80. The zero-order chi connectivity index (χ0) is 21.7. The molecule has 3 aromatic carbocycles. The second-order valence-corrected chi connectivity index (χ2v) is 12.0. The van der Waals surface area contributed by atoms with Gasteiger partial charge in [0, 0.05) is 17.2 Å². The molecule has 158 valence electrons. The largest absolute Gasteiger partial charge is 0.252 e. The van der Waals surface area contributed by atoms with Gasteiger partial charge >= 0.3 is 0 Å². The molecule has 0 saturated heterocycles. The lowest BCUT2D eigenvalue weighted by molar-refractivity contribution is 0.0156. The standard InChI is InChI=1S/C30H28NP/c1-30(2)22-19-21-17-18-27(31-29(21)26(30)20-22)25-15-9-10-16-28(25)32(23-11-5-3-6-12-23)24-13-7-4-8-14-24/h3-18,22,26H,19-20H2,1-2H3/t22-,26-/m1/s1. The molecule has 2 heteroatoms. The molecule has 2 atom stereocenters. The molecule has 1 fully saturated rings. The van der Waals surface area contributed by atoms with Crippen LogP contribution in [0.1, 0.15) is 37.4 Å². The Morgan fingerprint density at radius 2 is 1.38 bits per heavy atom. The Labute approximate surface area is 192 Å². The Balaban J connectivity index is 1.50. The molecule has 1 nitrogen and oxygen atoms in total. The predicted molar refractivity (Wildman–Crippen MR) is 137 cm³/mol. The summed E-state index contributed by atoms with van der Waals surface area (Å²) in [4.78, 5) is 5.34. The van der Waals surface area contributed by atoms with Crippen molar-refractivity contribution in [2.45, 2.75) is 32.6 Å². The summed E-state index contributed by atoms with van der Waals surface area (Å²) in [7, 11) is -0.662. The van der Waals surface area contributed by atoms with Crippen LogP contribution in [0, 0.1) is 11.3 Å². The van der Waals surface area contributed by atoms with Crippen LogP contribution in [-0.2, 0) is 6.42 Å². The van der Waals surface area contributed by atoms with Gasteiger partial charge in [0.05, 0.1) is 5.69 Å². The van der Waals surface area contributed by atoms with E-state index in [4.69, 9.17) is 4.98 Å². The highest BCUT2D eigenvalue weighted by atomic mass is 31.1. The zero-order valence-electron chi connectivity index (χ0n) is 18.7. The molecular formula is C30H28NP. The Hall–Kier alpha value is -2.76. The van der Waals surface area contributed by atoms with Crippen LogP contribution in [0.2, 0.25) is 0 Å². The molecule has 0 N–H and O–H groups in total. The molecule has 0 radical (unpaired) electrons. The molecular weight excluding hydrogens is 405 g/mol. The van der Waals surface area contributed by atoms with Gasteiger partial charge in [-0.25, -0.2) is 0 Å². The van der Waals surface area contributed by atoms with Gasteiger partial charge < -0.3 is 0 Å². The van der Waals surface area contributed by atoms with Crippen LogP contribution in [0.15, 0.2) is 97.1 Å². The lowest BCUT2D eigenvalue weighted by atomic mass is 9.48. The summed E-state index contributed by atoms with van der Waals surface area (Å²) in [6, 6.07) is 35.4. The topological polar surface area (TPSA) is 12.9 Å². The molecule has 4 aromatic rings. The molecule has 32 heavy (non-hydrogen) atoms. The number of nitrogens with zero attached hydrogens (tertiary/aromatic N) is 1. The highest BCUT2D eigenvalue weighted by Crippen LogP contribution is 2.61. The van der Waals surface area contributed by atoms with Crippen LogP contribution >= 0.6 is 7.92 Å². The van der Waals surface area contributed by atoms with Crippen LogP contribution in [0.25, 0.3) is 11.3 Å². The third kappa shape index (κ3) is 3.14. The van der Waals surface area contributed by atoms with Crippen molar-refractivity contribution in [3.05, 3.63) is 108 Å². The maximum Gasteiger partial charge on any atom is 0.0712 e. The van der Waals surface area contributed by atoms with Crippen molar-refractivity contribution in [3.63, 3.8) is 0 Å². The summed E-state index contributed by atoms with van der Waals surface area (Å²) in [5.74, 6) is 1.43. The quantitative estimate of drug-likeness (QED) is 0.350. The number of hydrogen-bond acceptors (Lipinski definition) is 1. The van der Waals surface area contributed by atoms with Crippen LogP contribution in [0.5, 0.6) is 0 Å². The van der Waals surface area contributed by atoms with Gasteiger partial charge in [-0.2, -0.15) is 0 Å². The van der Waals surface area contributed by atoms with Gasteiger partial charge in [0.25, 0.3) is 0 Å². The summed E-state index contributed by atoms with van der Waals surface area (Å²) in [6.07, 6.45) is 2.49. The fourth-order valence-corrected chi connectivity index (χ4v) is 8.15. The van der Waals surface area contributed by atoms with Crippen molar-refractivity contribution >= 4 is 23.8 Å². The third-order valence-electron chi connectivity index (χ3n) is 7.73. The van der Waals surface area contributed by atoms with Crippen molar-refractivity contribution in [2.24, 2.45) is 11.3 Å². The first-order chi connectivity index (χ1) is 15.6. The van der Waals surface area contributed by atoms with E-state index in [2.05, 4.69) is 111 Å². The number of aromatic nitrogens is 1. The summed E-state index contributed by atoms with van der Waals surface area (Å²) >= 11 is 0. The van der Waals surface area contributed by atoms with Gasteiger partial charge in [0.2, 0.25) is 0 Å². The minimum Gasteiger partial charge on any atom is -0.252 e. The molecule has 3 aliphatic carbocycles. The van der Waals surface area contributed by atoms with E-state index in [9.17, 15) is 0 Å². The maximum atomic E-state index is 5.34. The Bertz CT molecular complexity index is 1220. The lowest BCUT2D eigenvalue weighted by Gasteiger charge is -2.56. The summed E-state index contributed by atoms with van der Waals surface area (Å²) < 4.78 is 0. The molecule has 1 saturated carbocycles. The van der Waals surface area contributed by atoms with Gasteiger partial charge in [-0.1, -0.05) is 105 Å². The monoisotopic (exact) mass is 433 g/mol. The van der Waals surface area contributed by atoms with Crippen molar-refractivity contribution in [2.75, 3.05) is 0 Å². The molecule has 0 amide bonds. The van der Waals surface area contributed by atoms with Gasteiger partial charge in [0.15, 0.2) is 0 Å². The molecule has 0 spiro atoms. The van der Waals surface area contributed by atoms with Gasteiger partial charge in [-0.3, -0.25) is 4.98 Å². The molecule has 0 unspecified atom stereocenters. The SMILES string of the molecule is CC1(C)[C@@H]2Cc3ccc(-c4ccccc4P(c4ccccc4)c4ccccc4)nc3[C@H]1C2. The van der Waals surface area contributed by atoms with Crippen molar-refractivity contribution < 1.29 is 0 Å². The van der Waals surface area contributed by atoms with Crippen LogP contribution in [0.4, 0.5) is 0 Å². The Morgan fingerprint density at radius 3 is 2.03 bits per heavy atom. The van der Waals surface area contributed by atoms with Gasteiger partial charge in [0.1, 0.15) is 0 Å². The minimum absolute atomic E-state index is 0.388. The second-order valence-electron chi connectivity index (χ2n) is 9.78. The van der Waals surface area contributed by atoms with E-state index < -0.39 is 7.92 Å². The fraction of sp³-hybridized carbons (Fsp3) is 0.233. The molecule has 0 aliphatic heterocycles. The zero-order valence-corrected chi connectivity index (χ0v) is 19.6. The van der Waals surface area contributed by atoms with Gasteiger partial charge in [-0.15, -0.1) is 0 Å². The van der Waals surface area contributed by atoms with Crippen LogP contribution < -0.4 is 15.9 Å². The summed E-state index contributed by atoms with van der Waals surface area (Å²) in [5, 5.41) is 4.14. The first-order valence-corrected chi connectivity index (χ1v) is 13.0. The Kier molecular flexibility index (Phi) is 4.77. The lowest BCUT2D eigenvalue weighted by Crippen LogP contribution is -2.48. The second kappa shape index (κ2) is 7.68. The van der Waals surface area contributed by atoms with E-state index in [0.717, 1.165) is 11.6 Å². The smallest absolute Gasteiger partial charge is 0.0712 e. The van der Waals surface area contributed by atoms with Gasteiger partial charge in [-0.05, 0) is 59.6 Å². The van der Waals surface area contributed by atoms with E-state index >= 15 is 0 Å². The molecule has 7 rings (SSSR count). The summed E-state index contributed by atoms with van der Waals surface area (Å²) in [5.41, 5.74) is 5.61. The first-order valence-electron chi connectivity index (χ1n) is 11.6. The van der Waals surface area contributed by atoms with E-state index in [1.807, 2.05) is 0 Å². The number of pyridine rings is 1. The van der Waals surface area contributed by atoms with E-state index in [1.54, 1.807) is 0 Å². The first kappa shape index (κ1) is 19.9. The molecule has 1 aromatic heterocycles. The normalized spacial score (nSPS) is 20.5. The molecule has 3 aliphatic rings. The average Bonchev–Trinajstić information content (AvgIpc) is 2.85. The molecule has 1 heterocycles. The van der Waals surface area contributed by atoms with Crippen LogP contribution in [-0.4, -0.2) is 4.98 Å². The van der Waals surface area contributed by atoms with E-state index in [-0.39, 0.29) is 0 Å². The van der Waals surface area contributed by atoms with Crippen molar-refractivity contribution in [1.82, 2.24) is 4.98 Å². The number of benzene rings is 3. The fourth-order valence-electron chi connectivity index (χ4n) is 5.69. The van der Waals surface area contributed by atoms with Crippen molar-refractivity contribution in [1.29, 1.82) is 0 Å². The molecule has 2 bridgehead atoms. The number of rotatable bonds is 4.